The number of anilines is 1. The van der Waals surface area contributed by atoms with Crippen LogP contribution in [0.25, 0.3) is 16.7 Å². The van der Waals surface area contributed by atoms with E-state index in [1.165, 1.54) is 18.1 Å². The predicted octanol–water partition coefficient (Wildman–Crippen LogP) is 5.48. The topological polar surface area (TPSA) is 109 Å². The number of aromatic nitrogens is 1. The number of nitrogens with zero attached hydrogens (tertiary/aromatic N) is 2. The molecule has 43 heavy (non-hydrogen) atoms. The van der Waals surface area contributed by atoms with Crippen molar-refractivity contribution in [3.8, 4) is 11.1 Å². The van der Waals surface area contributed by atoms with E-state index in [9.17, 15) is 28.3 Å². The standard InChI is InChI=1S/C32H30ClF2N3O5/c1-17-11-21(39)16-27(38-10-8-20(15-28(38)40)30-24(34)6-5-23(33)31(30)35)26-14-19(7-9-36-26)22-4-3-18(13-29(41)43-2)12-25(22)37-32(17)42/h3-7,9,12,14-15,17,21,27,39H,8,10-11,13,16H2,1-2H3,(H,37,42)/t17-,21-,27+/m1/s1. The van der Waals surface area contributed by atoms with E-state index in [1.807, 2.05) is 0 Å². The van der Waals surface area contributed by atoms with E-state index in [-0.39, 0.29) is 54.3 Å². The van der Waals surface area contributed by atoms with Crippen LogP contribution >= 0.6 is 11.6 Å². The fourth-order valence-electron chi connectivity index (χ4n) is 5.61. The van der Waals surface area contributed by atoms with Crippen molar-refractivity contribution in [2.24, 2.45) is 5.92 Å². The average molecular weight is 610 g/mol. The first kappa shape index (κ1) is 30.3. The molecule has 11 heteroatoms. The number of benzene rings is 2. The van der Waals surface area contributed by atoms with Gasteiger partial charge in [0.1, 0.15) is 5.82 Å². The summed E-state index contributed by atoms with van der Waals surface area (Å²) >= 11 is 5.88. The first-order chi connectivity index (χ1) is 20.5. The SMILES string of the molecule is COC(=O)Cc1ccc2c(c1)NC(=O)[C@H](C)C[C@@H](O)C[C@H](N1CCC(c3c(F)ccc(Cl)c3F)=CC1=O)c1cc-2ccn1. The smallest absolute Gasteiger partial charge is 0.309 e. The Balaban J connectivity index is 1.55. The second-order valence-electron chi connectivity index (χ2n) is 10.8. The summed E-state index contributed by atoms with van der Waals surface area (Å²) in [5, 5.41) is 13.8. The molecule has 0 radical (unpaired) electrons. The van der Waals surface area contributed by atoms with Crippen molar-refractivity contribution in [1.29, 1.82) is 0 Å². The highest BCUT2D eigenvalue weighted by Gasteiger charge is 2.33. The molecule has 0 saturated carbocycles. The molecule has 8 nitrogen and oxygen atoms in total. The summed E-state index contributed by atoms with van der Waals surface area (Å²) in [5.74, 6) is -3.55. The van der Waals surface area contributed by atoms with Crippen LogP contribution in [0.4, 0.5) is 14.5 Å². The fourth-order valence-corrected chi connectivity index (χ4v) is 5.77. The number of carbonyl (C=O) groups excluding carboxylic acids is 3. The van der Waals surface area contributed by atoms with Crippen molar-refractivity contribution in [2.75, 3.05) is 19.0 Å². The second-order valence-corrected chi connectivity index (χ2v) is 11.2. The van der Waals surface area contributed by atoms with E-state index in [0.29, 0.717) is 28.1 Å². The molecule has 0 spiro atoms. The van der Waals surface area contributed by atoms with Gasteiger partial charge in [-0.1, -0.05) is 30.7 Å². The molecule has 3 aromatic rings. The molecule has 2 aliphatic heterocycles. The van der Waals surface area contributed by atoms with Gasteiger partial charge in [0.15, 0.2) is 5.82 Å². The number of pyridine rings is 1. The molecule has 0 unspecified atom stereocenters. The van der Waals surface area contributed by atoms with E-state index < -0.39 is 41.6 Å². The number of aliphatic hydroxyl groups is 1. The van der Waals surface area contributed by atoms with Crippen molar-refractivity contribution in [1.82, 2.24) is 9.88 Å². The fraction of sp³-hybridized carbons (Fsp3) is 0.312. The largest absolute Gasteiger partial charge is 0.469 e. The number of halogens is 3. The van der Waals surface area contributed by atoms with Crippen molar-refractivity contribution in [3.63, 3.8) is 0 Å². The molecule has 2 bridgehead atoms. The number of hydrogen-bond acceptors (Lipinski definition) is 6. The Morgan fingerprint density at radius 1 is 1.16 bits per heavy atom. The maximum Gasteiger partial charge on any atom is 0.309 e. The molecular formula is C32H30ClF2N3O5. The van der Waals surface area contributed by atoms with Crippen LogP contribution in [0.5, 0.6) is 0 Å². The summed E-state index contributed by atoms with van der Waals surface area (Å²) in [4.78, 5) is 44.6. The van der Waals surface area contributed by atoms with Gasteiger partial charge in [0.05, 0.1) is 42.0 Å². The molecule has 3 heterocycles. The average Bonchev–Trinajstić information content (AvgIpc) is 2.98. The van der Waals surface area contributed by atoms with E-state index in [0.717, 1.165) is 12.1 Å². The van der Waals surface area contributed by atoms with Gasteiger partial charge < -0.3 is 20.1 Å². The number of hydrogen-bond donors (Lipinski definition) is 2. The van der Waals surface area contributed by atoms with Gasteiger partial charge >= 0.3 is 5.97 Å². The quantitative estimate of drug-likeness (QED) is 0.299. The third-order valence-electron chi connectivity index (χ3n) is 7.86. The van der Waals surface area contributed by atoms with Gasteiger partial charge in [-0.2, -0.15) is 0 Å². The van der Waals surface area contributed by atoms with Gasteiger partial charge in [0.25, 0.3) is 0 Å². The Labute approximate surface area is 252 Å². The maximum atomic E-state index is 14.7. The zero-order valence-electron chi connectivity index (χ0n) is 23.6. The molecular weight excluding hydrogens is 580 g/mol. The second kappa shape index (κ2) is 12.6. The summed E-state index contributed by atoms with van der Waals surface area (Å²) in [6.45, 7) is 1.81. The lowest BCUT2D eigenvalue weighted by Gasteiger charge is -2.35. The third-order valence-corrected chi connectivity index (χ3v) is 8.16. The number of aliphatic hydroxyl groups excluding tert-OH is 1. The summed E-state index contributed by atoms with van der Waals surface area (Å²) in [6, 6.07) is 10.3. The van der Waals surface area contributed by atoms with Gasteiger partial charge in [0.2, 0.25) is 11.8 Å². The van der Waals surface area contributed by atoms with E-state index in [2.05, 4.69) is 10.3 Å². The van der Waals surface area contributed by atoms with Crippen LogP contribution < -0.4 is 5.32 Å². The molecule has 224 valence electrons. The molecule has 2 aliphatic rings. The number of fused-ring (bicyclic) bond motifs is 4. The lowest BCUT2D eigenvalue weighted by atomic mass is 9.91. The number of esters is 1. The third kappa shape index (κ3) is 6.45. The highest BCUT2D eigenvalue weighted by Crippen LogP contribution is 2.37. The highest BCUT2D eigenvalue weighted by molar-refractivity contribution is 6.31. The summed E-state index contributed by atoms with van der Waals surface area (Å²) in [6.07, 6.45) is 2.18. The normalized spacial score (nSPS) is 20.7. The van der Waals surface area contributed by atoms with Crippen LogP contribution in [0, 0.1) is 17.6 Å². The van der Waals surface area contributed by atoms with Gasteiger partial charge in [-0.25, -0.2) is 8.78 Å². The lowest BCUT2D eigenvalue weighted by Crippen LogP contribution is -2.39. The Hall–Kier alpha value is -4.15. The summed E-state index contributed by atoms with van der Waals surface area (Å²) < 4.78 is 34.1. The molecule has 5 rings (SSSR count). The van der Waals surface area contributed by atoms with Crippen LogP contribution in [0.2, 0.25) is 5.02 Å². The van der Waals surface area contributed by atoms with Gasteiger partial charge in [0, 0.05) is 36.0 Å². The zero-order chi connectivity index (χ0) is 30.8. The number of methoxy groups -OCH3 is 1. The number of carbonyl (C=O) groups is 3. The Morgan fingerprint density at radius 3 is 2.70 bits per heavy atom. The minimum absolute atomic E-state index is 0.0210. The molecule has 2 N–H and O–H groups in total. The van der Waals surface area contributed by atoms with Crippen LogP contribution in [-0.4, -0.2) is 52.5 Å². The van der Waals surface area contributed by atoms with E-state index >= 15 is 0 Å². The zero-order valence-corrected chi connectivity index (χ0v) is 24.3. The van der Waals surface area contributed by atoms with Crippen molar-refractivity contribution in [3.05, 3.63) is 88.2 Å². The molecule has 2 aromatic carbocycles. The molecule has 0 saturated heterocycles. The van der Waals surface area contributed by atoms with E-state index in [4.69, 9.17) is 16.3 Å². The molecule has 3 atom stereocenters. The molecule has 2 amide bonds. The minimum Gasteiger partial charge on any atom is -0.469 e. The van der Waals surface area contributed by atoms with Crippen LogP contribution in [-0.2, 0) is 25.5 Å². The maximum absolute atomic E-state index is 14.7. The van der Waals surface area contributed by atoms with Crippen LogP contribution in [0.1, 0.15) is 49.0 Å². The van der Waals surface area contributed by atoms with Gasteiger partial charge in [-0.15, -0.1) is 0 Å². The van der Waals surface area contributed by atoms with Gasteiger partial charge in [-0.05, 0) is 66.3 Å². The number of ether oxygens (including phenoxy) is 1. The molecule has 0 fully saturated rings. The Morgan fingerprint density at radius 2 is 1.95 bits per heavy atom. The summed E-state index contributed by atoms with van der Waals surface area (Å²) in [5.41, 5.74) is 2.86. The molecule has 0 aliphatic carbocycles. The van der Waals surface area contributed by atoms with E-state index in [1.54, 1.807) is 43.5 Å². The Kier molecular flexibility index (Phi) is 8.89. The first-order valence-electron chi connectivity index (χ1n) is 13.9. The van der Waals surface area contributed by atoms with Crippen molar-refractivity contribution < 1.29 is 33.0 Å². The lowest BCUT2D eigenvalue weighted by molar-refractivity contribution is -0.139. The monoisotopic (exact) mass is 609 g/mol. The van der Waals surface area contributed by atoms with Gasteiger partial charge in [-0.3, -0.25) is 19.4 Å². The van der Waals surface area contributed by atoms with Crippen molar-refractivity contribution in [2.45, 2.75) is 44.8 Å². The predicted molar refractivity (Wildman–Crippen MR) is 157 cm³/mol. The van der Waals surface area contributed by atoms with Crippen LogP contribution in [0.15, 0.2) is 54.7 Å². The number of rotatable bonds is 4. The summed E-state index contributed by atoms with van der Waals surface area (Å²) in [7, 11) is 1.30. The van der Waals surface area contributed by atoms with Crippen LogP contribution in [0.3, 0.4) is 0 Å². The molecule has 1 aromatic heterocycles. The first-order valence-corrected chi connectivity index (χ1v) is 14.2. The number of amides is 2. The Bertz CT molecular complexity index is 1630. The minimum atomic E-state index is -0.971. The van der Waals surface area contributed by atoms with Crippen molar-refractivity contribution >= 4 is 40.6 Å². The highest BCUT2D eigenvalue weighted by atomic mass is 35.5. The number of nitrogens with one attached hydrogen (secondary N) is 1.